The van der Waals surface area contributed by atoms with Crippen LogP contribution >= 0.6 is 39.0 Å². The Kier molecular flexibility index (Phi) is 6.85. The fourth-order valence-corrected chi connectivity index (χ4v) is 7.61. The van der Waals surface area contributed by atoms with E-state index in [1.807, 2.05) is 59.5 Å². The van der Waals surface area contributed by atoms with Gasteiger partial charge in [0.25, 0.3) is 5.91 Å². The molecule has 1 N–H and O–H groups in total. The molecular weight excluding hydrogens is 540 g/mol. The molecule has 0 saturated heterocycles. The van der Waals surface area contributed by atoms with Gasteiger partial charge in [0, 0.05) is 20.6 Å². The van der Waals surface area contributed by atoms with Crippen LogP contribution in [0.2, 0.25) is 0 Å². The van der Waals surface area contributed by atoms with E-state index in [1.54, 1.807) is 11.3 Å². The number of rotatable bonds is 5. The van der Waals surface area contributed by atoms with Gasteiger partial charge in [0.2, 0.25) is 0 Å². The van der Waals surface area contributed by atoms with Crippen LogP contribution in [0.25, 0.3) is 0 Å². The molecule has 0 fully saturated rings. The summed E-state index contributed by atoms with van der Waals surface area (Å²) in [5.41, 5.74) is 3.47. The second-order valence-corrected chi connectivity index (χ2v) is 13.4. The molecule has 4 nitrogen and oxygen atoms in total. The lowest BCUT2D eigenvalue weighted by Crippen LogP contribution is -2.47. The molecule has 5 rings (SSSR count). The van der Waals surface area contributed by atoms with E-state index in [4.69, 9.17) is 0 Å². The van der Waals surface area contributed by atoms with Gasteiger partial charge in [0.05, 0.1) is 11.3 Å². The smallest absolute Gasteiger partial charge is 0.263 e. The Hall–Kier alpha value is -2.09. The number of thiophene rings is 1. The van der Waals surface area contributed by atoms with Crippen molar-refractivity contribution >= 4 is 61.4 Å². The molecule has 3 aromatic rings. The molecule has 0 bridgehead atoms. The quantitative estimate of drug-likeness (QED) is 0.321. The summed E-state index contributed by atoms with van der Waals surface area (Å²) in [5, 5.41) is 4.58. The van der Waals surface area contributed by atoms with Gasteiger partial charge in [-0.25, -0.2) is 0 Å². The van der Waals surface area contributed by atoms with Crippen LogP contribution < -0.4 is 10.2 Å². The Morgan fingerprint density at radius 1 is 1.14 bits per heavy atom. The Balaban J connectivity index is 1.44. The van der Waals surface area contributed by atoms with Crippen molar-refractivity contribution in [2.75, 3.05) is 16.0 Å². The van der Waals surface area contributed by atoms with Gasteiger partial charge in [-0.1, -0.05) is 67.0 Å². The second-order valence-electron chi connectivity index (χ2n) is 10.3. The fraction of sp³-hybridized carbons (Fsp3) is 0.357. The third-order valence-corrected chi connectivity index (χ3v) is 9.77. The summed E-state index contributed by atoms with van der Waals surface area (Å²) in [6.45, 7) is 6.93. The average Bonchev–Trinajstić information content (AvgIpc) is 3.21. The van der Waals surface area contributed by atoms with E-state index in [0.717, 1.165) is 40.0 Å². The molecule has 7 heteroatoms. The minimum Gasteiger partial charge on any atom is -0.347 e. The SMILES string of the molecule is CC(C)(C)[C@H]1CCc2c(sc3c2C(=O)N(c2ccccc2)[C@H](SCC(=O)c2ccc(Br)cc2)N3)C1. The molecule has 1 amide bonds. The van der Waals surface area contributed by atoms with Crippen LogP contribution in [0.3, 0.4) is 0 Å². The van der Waals surface area contributed by atoms with Gasteiger partial charge in [-0.15, -0.1) is 23.1 Å². The van der Waals surface area contributed by atoms with E-state index in [9.17, 15) is 9.59 Å². The molecule has 0 saturated carbocycles. The van der Waals surface area contributed by atoms with Crippen molar-refractivity contribution < 1.29 is 9.59 Å². The number of benzene rings is 2. The van der Waals surface area contributed by atoms with Crippen LogP contribution in [-0.2, 0) is 12.8 Å². The van der Waals surface area contributed by atoms with Gasteiger partial charge >= 0.3 is 0 Å². The first-order valence-corrected chi connectivity index (χ1v) is 14.6. The molecular formula is C28H29BrN2O2S2. The lowest BCUT2D eigenvalue weighted by Gasteiger charge is -2.37. The zero-order valence-electron chi connectivity index (χ0n) is 20.1. The average molecular weight is 570 g/mol. The topological polar surface area (TPSA) is 49.4 Å². The van der Waals surface area contributed by atoms with Crippen molar-refractivity contribution in [1.29, 1.82) is 0 Å². The van der Waals surface area contributed by atoms with Gasteiger partial charge < -0.3 is 5.32 Å². The molecule has 182 valence electrons. The maximum absolute atomic E-state index is 14.0. The minimum atomic E-state index is -0.352. The number of amides is 1. The maximum atomic E-state index is 14.0. The van der Waals surface area contributed by atoms with Crippen LogP contribution in [0.4, 0.5) is 10.7 Å². The van der Waals surface area contributed by atoms with Gasteiger partial charge in [-0.3, -0.25) is 14.5 Å². The lowest BCUT2D eigenvalue weighted by atomic mass is 9.72. The highest BCUT2D eigenvalue weighted by Gasteiger charge is 2.40. The predicted molar refractivity (Wildman–Crippen MR) is 151 cm³/mol. The van der Waals surface area contributed by atoms with Gasteiger partial charge in [-0.05, 0) is 60.4 Å². The van der Waals surface area contributed by atoms with Crippen molar-refractivity contribution in [3.63, 3.8) is 0 Å². The van der Waals surface area contributed by atoms with E-state index in [2.05, 4.69) is 42.0 Å². The molecule has 2 aromatic carbocycles. The Morgan fingerprint density at radius 2 is 1.86 bits per heavy atom. The monoisotopic (exact) mass is 568 g/mol. The summed E-state index contributed by atoms with van der Waals surface area (Å²) >= 11 is 6.62. The second kappa shape index (κ2) is 9.75. The van der Waals surface area contributed by atoms with E-state index >= 15 is 0 Å². The predicted octanol–water partition coefficient (Wildman–Crippen LogP) is 7.63. The minimum absolute atomic E-state index is 0.0326. The van der Waals surface area contributed by atoms with E-state index in [0.29, 0.717) is 11.5 Å². The summed E-state index contributed by atoms with van der Waals surface area (Å²) < 4.78 is 0.944. The molecule has 2 atom stereocenters. The fourth-order valence-electron chi connectivity index (χ4n) is 4.89. The van der Waals surface area contributed by atoms with Crippen molar-refractivity contribution in [1.82, 2.24) is 0 Å². The third kappa shape index (κ3) is 4.95. The van der Waals surface area contributed by atoms with Crippen molar-refractivity contribution in [3.05, 3.63) is 80.6 Å². The number of halogens is 1. The highest BCUT2D eigenvalue weighted by atomic mass is 79.9. The standard InChI is InChI=1S/C28H29BrN2O2S2/c1-28(2,3)18-11-14-21-23(15-18)35-25-24(21)26(33)31(20-7-5-4-6-8-20)27(30-25)34-16-22(32)17-9-12-19(29)13-10-17/h4-10,12-13,18,27,30H,11,14-16H2,1-3H3/t18-,27+/m0/s1. The summed E-state index contributed by atoms with van der Waals surface area (Å²) in [5.74, 6) is 0.978. The number of hydrogen-bond donors (Lipinski definition) is 1. The number of fused-ring (bicyclic) bond motifs is 3. The molecule has 0 unspecified atom stereocenters. The lowest BCUT2D eigenvalue weighted by molar-refractivity contribution is 0.0978. The normalized spacial score (nSPS) is 19.7. The zero-order valence-corrected chi connectivity index (χ0v) is 23.4. The van der Waals surface area contributed by atoms with Crippen molar-refractivity contribution in [2.24, 2.45) is 11.3 Å². The summed E-state index contributed by atoms with van der Waals surface area (Å²) in [7, 11) is 0. The number of thioether (sulfide) groups is 1. The van der Waals surface area contributed by atoms with Crippen molar-refractivity contribution in [2.45, 2.75) is 45.5 Å². The Bertz CT molecular complexity index is 1250. The molecule has 1 aliphatic heterocycles. The highest BCUT2D eigenvalue weighted by molar-refractivity contribution is 9.10. The number of ketones is 1. The van der Waals surface area contributed by atoms with Crippen LogP contribution in [0.15, 0.2) is 59.1 Å². The number of Topliss-reactive ketones (excluding diaryl/α,β-unsaturated/α-hetero) is 1. The van der Waals surface area contributed by atoms with Gasteiger partial charge in [0.1, 0.15) is 5.00 Å². The number of anilines is 2. The Morgan fingerprint density at radius 3 is 2.54 bits per heavy atom. The number of carbonyl (C=O) groups excluding carboxylic acids is 2. The van der Waals surface area contributed by atoms with Gasteiger partial charge in [0.15, 0.2) is 11.3 Å². The number of nitrogens with one attached hydrogen (secondary N) is 1. The van der Waals surface area contributed by atoms with Crippen LogP contribution in [0.1, 0.15) is 58.3 Å². The molecule has 1 aromatic heterocycles. The molecule has 35 heavy (non-hydrogen) atoms. The molecule has 2 aliphatic rings. The molecule has 1 aliphatic carbocycles. The number of carbonyl (C=O) groups is 2. The maximum Gasteiger partial charge on any atom is 0.263 e. The largest absolute Gasteiger partial charge is 0.347 e. The first-order chi connectivity index (χ1) is 16.7. The first-order valence-electron chi connectivity index (χ1n) is 11.9. The van der Waals surface area contributed by atoms with Crippen LogP contribution in [0, 0.1) is 11.3 Å². The van der Waals surface area contributed by atoms with Gasteiger partial charge in [-0.2, -0.15) is 0 Å². The number of nitrogens with zero attached hydrogens (tertiary/aromatic N) is 1. The zero-order chi connectivity index (χ0) is 24.7. The number of para-hydroxylation sites is 1. The highest BCUT2D eigenvalue weighted by Crippen LogP contribution is 2.47. The van der Waals surface area contributed by atoms with E-state index < -0.39 is 0 Å². The third-order valence-electron chi connectivity index (χ3n) is 6.98. The van der Waals surface area contributed by atoms with E-state index in [1.165, 1.54) is 22.2 Å². The number of hydrogen-bond acceptors (Lipinski definition) is 5. The first kappa shape index (κ1) is 24.6. The van der Waals surface area contributed by atoms with Crippen LogP contribution in [-0.4, -0.2) is 22.9 Å². The summed E-state index contributed by atoms with van der Waals surface area (Å²) in [6, 6.07) is 17.2. The van der Waals surface area contributed by atoms with E-state index in [-0.39, 0.29) is 28.4 Å². The Labute approximate surface area is 223 Å². The molecule has 2 heterocycles. The van der Waals surface area contributed by atoms with Crippen molar-refractivity contribution in [3.8, 4) is 0 Å². The summed E-state index contributed by atoms with van der Waals surface area (Å²) in [6.07, 6.45) is 3.08. The summed E-state index contributed by atoms with van der Waals surface area (Å²) in [4.78, 5) is 30.0. The molecule has 0 radical (unpaired) electrons. The van der Waals surface area contributed by atoms with Crippen LogP contribution in [0.5, 0.6) is 0 Å². The molecule has 0 spiro atoms.